The summed E-state index contributed by atoms with van der Waals surface area (Å²) in [7, 11) is 1.87. The Morgan fingerprint density at radius 2 is 2.06 bits per heavy atom. The van der Waals surface area contributed by atoms with Crippen LogP contribution in [0.2, 0.25) is 5.15 Å². The van der Waals surface area contributed by atoms with Crippen LogP contribution in [0.4, 0.5) is 4.39 Å². The molecule has 2 nitrogen and oxygen atoms in total. The molecule has 0 amide bonds. The highest BCUT2D eigenvalue weighted by Crippen LogP contribution is 2.23. The Labute approximate surface area is 102 Å². The molecule has 0 atom stereocenters. The maximum Gasteiger partial charge on any atom is 0.128 e. The summed E-state index contributed by atoms with van der Waals surface area (Å²) < 4.78 is 14.5. The monoisotopic (exact) mass is 256 g/mol. The van der Waals surface area contributed by atoms with Crippen molar-refractivity contribution < 1.29 is 4.39 Å². The van der Waals surface area contributed by atoms with Crippen LogP contribution in [-0.4, -0.2) is 9.55 Å². The maximum absolute atomic E-state index is 12.7. The summed E-state index contributed by atoms with van der Waals surface area (Å²) in [4.78, 5) is 5.20. The van der Waals surface area contributed by atoms with Gasteiger partial charge in [0.25, 0.3) is 0 Å². The van der Waals surface area contributed by atoms with E-state index in [1.54, 1.807) is 30.1 Å². The third-order valence-corrected chi connectivity index (χ3v) is 3.57. The number of halogens is 2. The highest BCUT2D eigenvalue weighted by atomic mass is 35.5. The molecule has 0 aliphatic rings. The number of aromatic nitrogens is 2. The standard InChI is InChI=1S/C11H10ClFN2S/c1-15-10(12)6-14-11(15)7-16-9-4-2-8(13)3-5-9/h2-6H,7H2,1H3. The lowest BCUT2D eigenvalue weighted by atomic mass is 10.4. The van der Waals surface area contributed by atoms with E-state index in [4.69, 9.17) is 11.6 Å². The van der Waals surface area contributed by atoms with Crippen LogP contribution in [-0.2, 0) is 12.8 Å². The van der Waals surface area contributed by atoms with E-state index in [0.29, 0.717) is 5.15 Å². The van der Waals surface area contributed by atoms with E-state index in [1.165, 1.54) is 12.1 Å². The van der Waals surface area contributed by atoms with Crippen molar-refractivity contribution in [2.45, 2.75) is 10.6 Å². The normalized spacial score (nSPS) is 10.7. The van der Waals surface area contributed by atoms with Crippen molar-refractivity contribution in [3.63, 3.8) is 0 Å². The van der Waals surface area contributed by atoms with Gasteiger partial charge in [0.15, 0.2) is 0 Å². The molecule has 1 aromatic heterocycles. The second-order valence-electron chi connectivity index (χ2n) is 3.30. The molecule has 2 aromatic rings. The average molecular weight is 257 g/mol. The van der Waals surface area contributed by atoms with E-state index >= 15 is 0 Å². The summed E-state index contributed by atoms with van der Waals surface area (Å²) in [6, 6.07) is 6.41. The van der Waals surface area contributed by atoms with Crippen LogP contribution in [0.15, 0.2) is 35.4 Å². The predicted octanol–water partition coefficient (Wildman–Crippen LogP) is 3.50. The molecule has 2 rings (SSSR count). The Bertz CT molecular complexity index is 481. The van der Waals surface area contributed by atoms with Crippen molar-refractivity contribution in [3.05, 3.63) is 47.3 Å². The number of nitrogens with zero attached hydrogens (tertiary/aromatic N) is 2. The SMILES string of the molecule is Cn1c(Cl)cnc1CSc1ccc(F)cc1. The van der Waals surface area contributed by atoms with Gasteiger partial charge in [-0.25, -0.2) is 9.37 Å². The third kappa shape index (κ3) is 2.57. The summed E-state index contributed by atoms with van der Waals surface area (Å²) in [6.07, 6.45) is 1.63. The van der Waals surface area contributed by atoms with Crippen molar-refractivity contribution in [2.24, 2.45) is 7.05 Å². The first-order chi connectivity index (χ1) is 7.66. The fraction of sp³-hybridized carbons (Fsp3) is 0.182. The van der Waals surface area contributed by atoms with Crippen molar-refractivity contribution in [2.75, 3.05) is 0 Å². The smallest absolute Gasteiger partial charge is 0.128 e. The van der Waals surface area contributed by atoms with Crippen molar-refractivity contribution >= 4 is 23.4 Å². The quantitative estimate of drug-likeness (QED) is 0.783. The first kappa shape index (κ1) is 11.5. The minimum absolute atomic E-state index is 0.218. The minimum atomic E-state index is -0.218. The molecule has 5 heteroatoms. The summed E-state index contributed by atoms with van der Waals surface area (Å²) in [5.74, 6) is 1.40. The predicted molar refractivity (Wildman–Crippen MR) is 64.2 cm³/mol. The van der Waals surface area contributed by atoms with Crippen LogP contribution in [0, 0.1) is 5.82 Å². The van der Waals surface area contributed by atoms with Gasteiger partial charge < -0.3 is 4.57 Å². The molecule has 0 fully saturated rings. The summed E-state index contributed by atoms with van der Waals surface area (Å²) >= 11 is 7.47. The fourth-order valence-corrected chi connectivity index (χ4v) is 2.28. The second kappa shape index (κ2) is 4.89. The van der Waals surface area contributed by atoms with Gasteiger partial charge >= 0.3 is 0 Å². The van der Waals surface area contributed by atoms with Gasteiger partial charge in [0.1, 0.15) is 16.8 Å². The van der Waals surface area contributed by atoms with Crippen molar-refractivity contribution in [3.8, 4) is 0 Å². The number of hydrogen-bond acceptors (Lipinski definition) is 2. The molecule has 0 unspecified atom stereocenters. The lowest BCUT2D eigenvalue weighted by Crippen LogP contribution is -1.95. The van der Waals surface area contributed by atoms with Gasteiger partial charge in [-0.3, -0.25) is 0 Å². The van der Waals surface area contributed by atoms with E-state index in [-0.39, 0.29) is 5.82 Å². The number of hydrogen-bond donors (Lipinski definition) is 0. The molecular formula is C11H10ClFN2S. The van der Waals surface area contributed by atoms with Crippen LogP contribution < -0.4 is 0 Å². The highest BCUT2D eigenvalue weighted by Gasteiger charge is 2.04. The summed E-state index contributed by atoms with van der Waals surface area (Å²) in [5.41, 5.74) is 0. The lowest BCUT2D eigenvalue weighted by Gasteiger charge is -2.02. The van der Waals surface area contributed by atoms with Crippen molar-refractivity contribution in [1.82, 2.24) is 9.55 Å². The molecule has 0 bridgehead atoms. The zero-order valence-corrected chi connectivity index (χ0v) is 10.2. The Kier molecular flexibility index (Phi) is 3.51. The van der Waals surface area contributed by atoms with Gasteiger partial charge in [0.05, 0.1) is 11.9 Å². The Morgan fingerprint density at radius 3 is 2.62 bits per heavy atom. The van der Waals surface area contributed by atoms with Crippen LogP contribution >= 0.6 is 23.4 Å². The second-order valence-corrected chi connectivity index (χ2v) is 4.73. The zero-order valence-electron chi connectivity index (χ0n) is 8.65. The van der Waals surface area contributed by atoms with Gasteiger partial charge in [-0.1, -0.05) is 11.6 Å². The summed E-state index contributed by atoms with van der Waals surface area (Å²) in [5, 5.41) is 0.620. The molecule has 0 saturated carbocycles. The molecule has 0 N–H and O–H groups in total. The number of benzene rings is 1. The molecule has 84 valence electrons. The van der Waals surface area contributed by atoms with Crippen LogP contribution in [0.25, 0.3) is 0 Å². The molecule has 16 heavy (non-hydrogen) atoms. The molecule has 1 aromatic carbocycles. The average Bonchev–Trinajstić information content (AvgIpc) is 2.60. The molecule has 1 heterocycles. The van der Waals surface area contributed by atoms with Gasteiger partial charge in [0.2, 0.25) is 0 Å². The first-order valence-corrected chi connectivity index (χ1v) is 6.07. The molecule has 0 radical (unpaired) electrons. The Morgan fingerprint density at radius 1 is 1.38 bits per heavy atom. The lowest BCUT2D eigenvalue weighted by molar-refractivity contribution is 0.626. The number of imidazole rings is 1. The molecule has 0 saturated heterocycles. The topological polar surface area (TPSA) is 17.8 Å². The van der Waals surface area contributed by atoms with Gasteiger partial charge in [-0.05, 0) is 24.3 Å². The van der Waals surface area contributed by atoms with E-state index in [2.05, 4.69) is 4.98 Å². The first-order valence-electron chi connectivity index (χ1n) is 4.71. The van der Waals surface area contributed by atoms with E-state index in [0.717, 1.165) is 16.5 Å². The van der Waals surface area contributed by atoms with Crippen LogP contribution in [0.5, 0.6) is 0 Å². The molecule has 0 aliphatic heterocycles. The molecule has 0 spiro atoms. The molecule has 0 aliphatic carbocycles. The van der Waals surface area contributed by atoms with Crippen molar-refractivity contribution in [1.29, 1.82) is 0 Å². The van der Waals surface area contributed by atoms with Crippen LogP contribution in [0.3, 0.4) is 0 Å². The Balaban J connectivity index is 2.02. The highest BCUT2D eigenvalue weighted by molar-refractivity contribution is 7.98. The largest absolute Gasteiger partial charge is 0.322 e. The van der Waals surface area contributed by atoms with Crippen LogP contribution in [0.1, 0.15) is 5.82 Å². The number of thioether (sulfide) groups is 1. The van der Waals surface area contributed by atoms with Gasteiger partial charge in [-0.15, -0.1) is 11.8 Å². The van der Waals surface area contributed by atoms with Gasteiger partial charge in [0, 0.05) is 11.9 Å². The zero-order chi connectivity index (χ0) is 11.5. The summed E-state index contributed by atoms with van der Waals surface area (Å²) in [6.45, 7) is 0. The van der Waals surface area contributed by atoms with E-state index in [1.807, 2.05) is 11.6 Å². The maximum atomic E-state index is 12.7. The molecular weight excluding hydrogens is 247 g/mol. The number of rotatable bonds is 3. The Hall–Kier alpha value is -1.00. The van der Waals surface area contributed by atoms with Gasteiger partial charge in [-0.2, -0.15) is 0 Å². The van der Waals surface area contributed by atoms with E-state index in [9.17, 15) is 4.39 Å². The third-order valence-electron chi connectivity index (χ3n) is 2.21. The minimum Gasteiger partial charge on any atom is -0.322 e. The van der Waals surface area contributed by atoms with E-state index < -0.39 is 0 Å². The fourth-order valence-electron chi connectivity index (χ4n) is 1.24.